The average Bonchev–Trinajstić information content (AvgIpc) is 2.47. The Morgan fingerprint density at radius 1 is 1.55 bits per heavy atom. The van der Waals surface area contributed by atoms with Gasteiger partial charge in [-0.3, -0.25) is 4.79 Å². The van der Waals surface area contributed by atoms with Crippen LogP contribution in [-0.2, 0) is 0 Å². The summed E-state index contributed by atoms with van der Waals surface area (Å²) in [5.74, 6) is 6.31. The highest BCUT2D eigenvalue weighted by Gasteiger charge is 2.22. The topological polar surface area (TPSA) is 53.4 Å². The highest BCUT2D eigenvalue weighted by Crippen LogP contribution is 2.17. The fourth-order valence-electron chi connectivity index (χ4n) is 2.35. The number of hydrogen-bond donors (Lipinski definition) is 1. The maximum absolute atomic E-state index is 12.3. The number of nitrogens with zero attached hydrogens (tertiary/aromatic N) is 2. The number of aliphatic hydroxyl groups is 1. The Labute approximate surface area is 119 Å². The Morgan fingerprint density at radius 3 is 3.05 bits per heavy atom. The molecule has 1 N–H and O–H groups in total. The molecule has 1 unspecified atom stereocenters. The molecule has 1 saturated heterocycles. The first-order valence-electron chi connectivity index (χ1n) is 7.05. The summed E-state index contributed by atoms with van der Waals surface area (Å²) in [6.45, 7) is 3.87. The highest BCUT2D eigenvalue weighted by atomic mass is 16.2. The monoisotopic (exact) mass is 272 g/mol. The minimum absolute atomic E-state index is 0.00594. The lowest BCUT2D eigenvalue weighted by molar-refractivity contribution is 0.0677. The molecule has 0 bridgehead atoms. The Kier molecular flexibility index (Phi) is 5.14. The molecule has 2 rings (SSSR count). The molecule has 0 spiro atoms. The summed E-state index contributed by atoms with van der Waals surface area (Å²) in [6.07, 6.45) is 4.32. The van der Waals surface area contributed by atoms with E-state index < -0.39 is 0 Å². The van der Waals surface area contributed by atoms with Crippen LogP contribution in [0.4, 0.5) is 0 Å². The number of rotatable bonds is 2. The highest BCUT2D eigenvalue weighted by molar-refractivity contribution is 5.92. The zero-order valence-electron chi connectivity index (χ0n) is 11.8. The number of likely N-dealkylation sites (tertiary alicyclic amines) is 1. The van der Waals surface area contributed by atoms with Crippen molar-refractivity contribution in [1.29, 1.82) is 0 Å². The van der Waals surface area contributed by atoms with E-state index in [9.17, 15) is 4.79 Å². The fraction of sp³-hybridized carbons (Fsp3) is 0.500. The molecule has 4 nitrogen and oxygen atoms in total. The van der Waals surface area contributed by atoms with E-state index in [4.69, 9.17) is 5.11 Å². The second kappa shape index (κ2) is 7.06. The van der Waals surface area contributed by atoms with Gasteiger partial charge in [-0.2, -0.15) is 0 Å². The molecule has 0 saturated carbocycles. The lowest BCUT2D eigenvalue weighted by atomic mass is 10.00. The van der Waals surface area contributed by atoms with Gasteiger partial charge in [-0.05, 0) is 30.9 Å². The number of carbonyl (C=O) groups excluding carboxylic acids is 1. The van der Waals surface area contributed by atoms with Crippen LogP contribution in [0.1, 0.15) is 42.2 Å². The molecule has 0 aliphatic carbocycles. The predicted molar refractivity (Wildman–Crippen MR) is 77.1 cm³/mol. The Balaban J connectivity index is 2.02. The molecular formula is C16H20N2O2. The number of piperidine rings is 1. The van der Waals surface area contributed by atoms with Crippen molar-refractivity contribution in [1.82, 2.24) is 9.88 Å². The van der Waals surface area contributed by atoms with Gasteiger partial charge in [0, 0.05) is 31.3 Å². The van der Waals surface area contributed by atoms with Crippen molar-refractivity contribution >= 4 is 5.91 Å². The van der Waals surface area contributed by atoms with E-state index in [-0.39, 0.29) is 12.5 Å². The summed E-state index contributed by atoms with van der Waals surface area (Å²) >= 11 is 0. The van der Waals surface area contributed by atoms with Crippen LogP contribution in [0.5, 0.6) is 0 Å². The number of carbonyl (C=O) groups is 1. The van der Waals surface area contributed by atoms with E-state index >= 15 is 0 Å². The fourth-order valence-corrected chi connectivity index (χ4v) is 2.35. The van der Waals surface area contributed by atoms with Crippen LogP contribution in [-0.4, -0.2) is 40.6 Å². The van der Waals surface area contributed by atoms with E-state index in [1.807, 2.05) is 4.90 Å². The van der Waals surface area contributed by atoms with Crippen LogP contribution in [0, 0.1) is 17.8 Å². The standard InChI is InChI=1S/C16H20N2O2/c1-13-5-4-9-18(12-13)16(20)15-8-7-14(11-17-15)6-2-3-10-19/h7-8,11,13,19H,3-5,9-10,12H2,1H3. The third-order valence-corrected chi connectivity index (χ3v) is 3.40. The molecular weight excluding hydrogens is 252 g/mol. The summed E-state index contributed by atoms with van der Waals surface area (Å²) in [5.41, 5.74) is 1.24. The lowest BCUT2D eigenvalue weighted by Gasteiger charge is -2.30. The average molecular weight is 272 g/mol. The number of pyridine rings is 1. The van der Waals surface area contributed by atoms with Crippen molar-refractivity contribution in [2.24, 2.45) is 5.92 Å². The molecule has 0 radical (unpaired) electrons. The molecule has 0 aromatic carbocycles. The van der Waals surface area contributed by atoms with Crippen LogP contribution in [0.25, 0.3) is 0 Å². The lowest BCUT2D eigenvalue weighted by Crippen LogP contribution is -2.39. The normalized spacial score (nSPS) is 18.3. The molecule has 1 aliphatic heterocycles. The number of aliphatic hydroxyl groups excluding tert-OH is 1. The van der Waals surface area contributed by atoms with Crippen LogP contribution in [0.15, 0.2) is 18.3 Å². The van der Waals surface area contributed by atoms with Crippen LogP contribution < -0.4 is 0 Å². The summed E-state index contributed by atoms with van der Waals surface area (Å²) in [4.78, 5) is 18.4. The quantitative estimate of drug-likeness (QED) is 0.834. The number of aromatic nitrogens is 1. The van der Waals surface area contributed by atoms with Crippen molar-refractivity contribution in [2.75, 3.05) is 19.7 Å². The summed E-state index contributed by atoms with van der Waals surface area (Å²) in [7, 11) is 0. The summed E-state index contributed by atoms with van der Waals surface area (Å²) in [5, 5.41) is 8.66. The van der Waals surface area contributed by atoms with Gasteiger partial charge in [0.15, 0.2) is 0 Å². The Hall–Kier alpha value is -1.86. The molecule has 1 aliphatic rings. The molecule has 1 fully saturated rings. The van der Waals surface area contributed by atoms with E-state index in [0.29, 0.717) is 18.0 Å². The first-order valence-corrected chi connectivity index (χ1v) is 7.05. The van der Waals surface area contributed by atoms with Crippen molar-refractivity contribution in [3.63, 3.8) is 0 Å². The van der Waals surface area contributed by atoms with Gasteiger partial charge >= 0.3 is 0 Å². The van der Waals surface area contributed by atoms with Crippen molar-refractivity contribution in [2.45, 2.75) is 26.2 Å². The maximum Gasteiger partial charge on any atom is 0.272 e. The molecule has 1 aromatic heterocycles. The molecule has 20 heavy (non-hydrogen) atoms. The van der Waals surface area contributed by atoms with Gasteiger partial charge in [0.1, 0.15) is 5.69 Å². The smallest absolute Gasteiger partial charge is 0.272 e. The minimum atomic E-state index is 0.00594. The van der Waals surface area contributed by atoms with Gasteiger partial charge in [-0.1, -0.05) is 18.8 Å². The number of hydrogen-bond acceptors (Lipinski definition) is 3. The van der Waals surface area contributed by atoms with E-state index in [2.05, 4.69) is 23.7 Å². The van der Waals surface area contributed by atoms with Gasteiger partial charge in [0.2, 0.25) is 0 Å². The van der Waals surface area contributed by atoms with Gasteiger partial charge < -0.3 is 10.0 Å². The van der Waals surface area contributed by atoms with Crippen LogP contribution in [0.3, 0.4) is 0 Å². The number of amides is 1. The maximum atomic E-state index is 12.3. The van der Waals surface area contributed by atoms with Gasteiger partial charge in [-0.25, -0.2) is 4.98 Å². The van der Waals surface area contributed by atoms with Crippen molar-refractivity contribution in [3.8, 4) is 11.8 Å². The summed E-state index contributed by atoms with van der Waals surface area (Å²) < 4.78 is 0. The second-order valence-electron chi connectivity index (χ2n) is 5.21. The first-order chi connectivity index (χ1) is 9.70. The van der Waals surface area contributed by atoms with Gasteiger partial charge in [0.05, 0.1) is 6.61 Å². The van der Waals surface area contributed by atoms with E-state index in [1.54, 1.807) is 18.3 Å². The molecule has 1 atom stereocenters. The van der Waals surface area contributed by atoms with E-state index in [0.717, 1.165) is 25.1 Å². The molecule has 106 valence electrons. The van der Waals surface area contributed by atoms with Gasteiger partial charge in [-0.15, -0.1) is 0 Å². The Bertz CT molecular complexity index is 514. The SMILES string of the molecule is CC1CCCN(C(=O)c2ccc(C#CCCO)cn2)C1. The van der Waals surface area contributed by atoms with Crippen LogP contribution >= 0.6 is 0 Å². The minimum Gasteiger partial charge on any atom is -0.395 e. The van der Waals surface area contributed by atoms with Crippen LogP contribution in [0.2, 0.25) is 0 Å². The van der Waals surface area contributed by atoms with E-state index in [1.165, 1.54) is 6.42 Å². The second-order valence-corrected chi connectivity index (χ2v) is 5.21. The summed E-state index contributed by atoms with van der Waals surface area (Å²) in [6, 6.07) is 3.53. The van der Waals surface area contributed by atoms with Crippen molar-refractivity contribution in [3.05, 3.63) is 29.6 Å². The predicted octanol–water partition coefficient (Wildman–Crippen LogP) is 1.69. The zero-order chi connectivity index (χ0) is 14.4. The molecule has 1 aromatic rings. The third kappa shape index (κ3) is 3.82. The van der Waals surface area contributed by atoms with Crippen molar-refractivity contribution < 1.29 is 9.90 Å². The Morgan fingerprint density at radius 2 is 2.40 bits per heavy atom. The van der Waals surface area contributed by atoms with Gasteiger partial charge in [0.25, 0.3) is 5.91 Å². The molecule has 2 heterocycles. The third-order valence-electron chi connectivity index (χ3n) is 3.40. The molecule has 4 heteroatoms. The molecule has 1 amide bonds. The largest absolute Gasteiger partial charge is 0.395 e. The zero-order valence-corrected chi connectivity index (χ0v) is 11.8. The first kappa shape index (κ1) is 14.5.